The van der Waals surface area contributed by atoms with E-state index in [4.69, 9.17) is 9.47 Å². The molecule has 0 spiro atoms. The summed E-state index contributed by atoms with van der Waals surface area (Å²) in [5.41, 5.74) is 0. The number of carbonyl (C=O) groups is 1. The molecule has 0 aromatic heterocycles. The van der Waals surface area contributed by atoms with Crippen molar-refractivity contribution in [2.45, 2.75) is 55.4 Å². The Morgan fingerprint density at radius 2 is 1.76 bits per heavy atom. The molecule has 2 atom stereocenters. The fourth-order valence-electron chi connectivity index (χ4n) is 3.47. The van der Waals surface area contributed by atoms with Crippen LogP contribution in [0.2, 0.25) is 0 Å². The Labute approximate surface area is 127 Å². The third kappa shape index (κ3) is 4.27. The topological polar surface area (TPSA) is 69.7 Å². The molecule has 2 rings (SSSR count). The number of sulfone groups is 1. The Hall–Kier alpha value is -0.460. The highest BCUT2D eigenvalue weighted by Crippen LogP contribution is 2.40. The Bertz CT molecular complexity index is 425. The molecule has 21 heavy (non-hydrogen) atoms. The van der Waals surface area contributed by atoms with E-state index in [2.05, 4.69) is 0 Å². The molecular formula is C15H26O5S. The number of fused-ring (bicyclic) bond motifs is 2. The van der Waals surface area contributed by atoms with Crippen molar-refractivity contribution in [1.82, 2.24) is 0 Å². The van der Waals surface area contributed by atoms with Gasteiger partial charge in [-0.15, -0.1) is 0 Å². The van der Waals surface area contributed by atoms with Crippen LogP contribution >= 0.6 is 0 Å². The lowest BCUT2D eigenvalue weighted by atomic mass is 9.85. The quantitative estimate of drug-likeness (QED) is 0.638. The van der Waals surface area contributed by atoms with E-state index in [0.29, 0.717) is 45.5 Å². The number of rotatable bonds is 8. The highest BCUT2D eigenvalue weighted by atomic mass is 32.2. The van der Waals surface area contributed by atoms with Crippen LogP contribution in [-0.2, 0) is 24.1 Å². The standard InChI is InChI=1S/C15H26O5S/c1-19-8-9-20-7-3-6-15(16)12-10-13-4-2-5-14(11-12)21(13,17)18/h12-14H,2-11H2,1H3. The summed E-state index contributed by atoms with van der Waals surface area (Å²) in [5.74, 6) is 0.167. The van der Waals surface area contributed by atoms with Gasteiger partial charge in [-0.2, -0.15) is 0 Å². The number of hydrogen-bond acceptors (Lipinski definition) is 5. The number of ketones is 1. The van der Waals surface area contributed by atoms with Gasteiger partial charge >= 0.3 is 0 Å². The molecule has 0 radical (unpaired) electrons. The predicted molar refractivity (Wildman–Crippen MR) is 80.0 cm³/mol. The summed E-state index contributed by atoms with van der Waals surface area (Å²) >= 11 is 0. The molecule has 122 valence electrons. The number of ether oxygens (including phenoxy) is 2. The zero-order valence-electron chi connectivity index (χ0n) is 12.8. The van der Waals surface area contributed by atoms with Crippen molar-refractivity contribution in [1.29, 1.82) is 0 Å². The fraction of sp³-hybridized carbons (Fsp3) is 0.933. The number of methoxy groups -OCH3 is 1. The van der Waals surface area contributed by atoms with Gasteiger partial charge in [-0.05, 0) is 32.1 Å². The molecule has 0 N–H and O–H groups in total. The highest BCUT2D eigenvalue weighted by molar-refractivity contribution is 7.92. The first kappa shape index (κ1) is 16.9. The second-order valence-corrected chi connectivity index (χ2v) is 8.62. The molecule has 5 nitrogen and oxygen atoms in total. The first-order chi connectivity index (χ1) is 10.1. The van der Waals surface area contributed by atoms with Gasteiger partial charge in [-0.3, -0.25) is 4.79 Å². The minimum Gasteiger partial charge on any atom is -0.382 e. The van der Waals surface area contributed by atoms with Crippen LogP contribution in [0.25, 0.3) is 0 Å². The summed E-state index contributed by atoms with van der Waals surface area (Å²) in [5, 5.41) is -0.534. The van der Waals surface area contributed by atoms with E-state index in [-0.39, 0.29) is 22.2 Å². The number of Topliss-reactive ketones (excluding diaryl/α,β-unsaturated/α-hetero) is 1. The van der Waals surface area contributed by atoms with Crippen molar-refractivity contribution < 1.29 is 22.7 Å². The van der Waals surface area contributed by atoms with Crippen molar-refractivity contribution in [2.24, 2.45) is 5.92 Å². The summed E-state index contributed by atoms with van der Waals surface area (Å²) in [6.07, 6.45) is 4.76. The summed E-state index contributed by atoms with van der Waals surface area (Å²) < 4.78 is 34.6. The highest BCUT2D eigenvalue weighted by Gasteiger charge is 2.45. The van der Waals surface area contributed by atoms with Crippen molar-refractivity contribution in [2.75, 3.05) is 26.9 Å². The van der Waals surface area contributed by atoms with Crippen molar-refractivity contribution in [3.63, 3.8) is 0 Å². The minimum atomic E-state index is -2.96. The summed E-state index contributed by atoms with van der Waals surface area (Å²) in [4.78, 5) is 12.3. The van der Waals surface area contributed by atoms with Crippen LogP contribution in [0.15, 0.2) is 0 Å². The third-order valence-electron chi connectivity index (χ3n) is 4.68. The zero-order valence-corrected chi connectivity index (χ0v) is 13.6. The van der Waals surface area contributed by atoms with Gasteiger partial charge in [-0.1, -0.05) is 6.42 Å². The molecular weight excluding hydrogens is 292 g/mol. The molecule has 0 saturated carbocycles. The summed E-state index contributed by atoms with van der Waals surface area (Å²) in [6, 6.07) is 0. The van der Waals surface area contributed by atoms with Crippen molar-refractivity contribution in [3.05, 3.63) is 0 Å². The number of carbonyl (C=O) groups excluding carboxylic acids is 1. The average Bonchev–Trinajstić information content (AvgIpc) is 2.41. The molecule has 2 fully saturated rings. The van der Waals surface area contributed by atoms with Gasteiger partial charge in [0.15, 0.2) is 9.84 Å². The molecule has 0 aromatic rings. The second-order valence-electron chi connectivity index (χ2n) is 6.11. The minimum absolute atomic E-state index is 0.0530. The lowest BCUT2D eigenvalue weighted by Gasteiger charge is -2.38. The van der Waals surface area contributed by atoms with Crippen LogP contribution in [-0.4, -0.2) is 51.6 Å². The summed E-state index contributed by atoms with van der Waals surface area (Å²) in [6.45, 7) is 1.68. The van der Waals surface area contributed by atoms with Crippen LogP contribution in [0.1, 0.15) is 44.9 Å². The molecule has 2 heterocycles. The maximum Gasteiger partial charge on any atom is 0.156 e. The van der Waals surface area contributed by atoms with Crippen LogP contribution in [0.3, 0.4) is 0 Å². The van der Waals surface area contributed by atoms with E-state index >= 15 is 0 Å². The lowest BCUT2D eigenvalue weighted by Crippen LogP contribution is -2.45. The van der Waals surface area contributed by atoms with Gasteiger partial charge in [0.1, 0.15) is 5.78 Å². The molecule has 6 heteroatoms. The van der Waals surface area contributed by atoms with Gasteiger partial charge in [-0.25, -0.2) is 8.42 Å². The first-order valence-corrected chi connectivity index (χ1v) is 9.48. The predicted octanol–water partition coefficient (Wildman–Crippen LogP) is 1.74. The van der Waals surface area contributed by atoms with E-state index in [9.17, 15) is 13.2 Å². The first-order valence-electron chi connectivity index (χ1n) is 7.87. The Morgan fingerprint density at radius 3 is 2.38 bits per heavy atom. The average molecular weight is 318 g/mol. The van der Waals surface area contributed by atoms with Crippen molar-refractivity contribution in [3.8, 4) is 0 Å². The fourth-order valence-corrected chi connectivity index (χ4v) is 6.00. The van der Waals surface area contributed by atoms with E-state index in [1.54, 1.807) is 7.11 Å². The van der Waals surface area contributed by atoms with E-state index in [1.165, 1.54) is 0 Å². The van der Waals surface area contributed by atoms with Crippen molar-refractivity contribution >= 4 is 15.6 Å². The number of hydrogen-bond donors (Lipinski definition) is 0. The normalized spacial score (nSPS) is 31.0. The van der Waals surface area contributed by atoms with Gasteiger partial charge in [0, 0.05) is 26.1 Å². The maximum atomic E-state index is 12.3. The van der Waals surface area contributed by atoms with Crippen LogP contribution < -0.4 is 0 Å². The Balaban J connectivity index is 1.74. The molecule has 2 bridgehead atoms. The summed E-state index contributed by atoms with van der Waals surface area (Å²) in [7, 11) is -1.33. The Morgan fingerprint density at radius 1 is 1.10 bits per heavy atom. The van der Waals surface area contributed by atoms with E-state index < -0.39 is 9.84 Å². The lowest BCUT2D eigenvalue weighted by molar-refractivity contribution is -0.123. The molecule has 2 aliphatic rings. The van der Waals surface area contributed by atoms with Gasteiger partial charge < -0.3 is 9.47 Å². The smallest absolute Gasteiger partial charge is 0.156 e. The SMILES string of the molecule is COCCOCCCC(=O)C1CC2CCCC(C1)S2(=O)=O. The van der Waals surface area contributed by atoms with Gasteiger partial charge in [0.25, 0.3) is 0 Å². The van der Waals surface area contributed by atoms with E-state index in [0.717, 1.165) is 19.3 Å². The second kappa shape index (κ2) is 7.70. The van der Waals surface area contributed by atoms with Gasteiger partial charge in [0.2, 0.25) is 0 Å². The van der Waals surface area contributed by atoms with Crippen LogP contribution in [0.4, 0.5) is 0 Å². The third-order valence-corrected chi connectivity index (χ3v) is 7.39. The monoisotopic (exact) mass is 318 g/mol. The van der Waals surface area contributed by atoms with Crippen LogP contribution in [0.5, 0.6) is 0 Å². The Kier molecular flexibility index (Phi) is 6.20. The van der Waals surface area contributed by atoms with E-state index in [1.807, 2.05) is 0 Å². The van der Waals surface area contributed by atoms with Gasteiger partial charge in [0.05, 0.1) is 23.7 Å². The molecule has 2 saturated heterocycles. The zero-order chi connectivity index (χ0) is 15.3. The maximum absolute atomic E-state index is 12.3. The molecule has 0 amide bonds. The molecule has 2 aliphatic heterocycles. The van der Waals surface area contributed by atoms with Crippen LogP contribution in [0, 0.1) is 5.92 Å². The molecule has 2 unspecified atom stereocenters. The molecule has 0 aliphatic carbocycles. The largest absolute Gasteiger partial charge is 0.382 e. The molecule has 0 aromatic carbocycles.